The van der Waals surface area contributed by atoms with Crippen molar-refractivity contribution in [2.24, 2.45) is 9.98 Å². The number of nitrogens with zero attached hydrogens (tertiary/aromatic N) is 2. The molecule has 0 spiro atoms. The molecule has 0 amide bonds. The molecule has 10 heteroatoms. The quantitative estimate of drug-likeness (QED) is 0.357. The predicted molar refractivity (Wildman–Crippen MR) is 162 cm³/mol. The van der Waals surface area contributed by atoms with Gasteiger partial charge in [0.1, 0.15) is 33.5 Å². The Kier molecular flexibility index (Phi) is 11.0. The van der Waals surface area contributed by atoms with Gasteiger partial charge in [0.05, 0.1) is 25.3 Å². The maximum Gasteiger partial charge on any atom is 0.124 e. The molecule has 2 atom stereocenters. The highest BCUT2D eigenvalue weighted by Gasteiger charge is 2.23. The lowest BCUT2D eigenvalue weighted by atomic mass is 9.78. The summed E-state index contributed by atoms with van der Waals surface area (Å²) < 4.78 is 13.7. The Balaban J connectivity index is 1.23. The number of hydrogen-bond donors (Lipinski definition) is 2. The van der Waals surface area contributed by atoms with Crippen LogP contribution < -0.4 is 9.47 Å². The molecule has 0 aliphatic carbocycles. The summed E-state index contributed by atoms with van der Waals surface area (Å²) >= 11 is 6.70. The van der Waals surface area contributed by atoms with Crippen LogP contribution >= 0.6 is 47.0 Å². The molecule has 0 saturated heterocycles. The Morgan fingerprint density at radius 3 is 1.51 bits per heavy atom. The molecular formula is C27H34N2O4S4. The number of hydrogen-bond acceptors (Lipinski definition) is 10. The van der Waals surface area contributed by atoms with E-state index in [-0.39, 0.29) is 18.6 Å². The minimum absolute atomic E-state index is 0.206. The summed E-state index contributed by atoms with van der Waals surface area (Å²) in [7, 11) is 0. The summed E-state index contributed by atoms with van der Waals surface area (Å²) in [4.78, 5) is 8.78. The van der Waals surface area contributed by atoms with E-state index < -0.39 is 12.2 Å². The number of thioether (sulfide) groups is 4. The van der Waals surface area contributed by atoms with Crippen LogP contribution in [0.1, 0.15) is 25.0 Å². The van der Waals surface area contributed by atoms with Crippen molar-refractivity contribution in [2.75, 3.05) is 49.3 Å². The minimum atomic E-state index is -0.536. The molecule has 2 aromatic carbocycles. The number of aliphatic imine (C=N–C) groups is 2. The number of aliphatic hydroxyl groups is 2. The first-order chi connectivity index (χ1) is 17.9. The van der Waals surface area contributed by atoms with E-state index in [1.54, 1.807) is 47.0 Å². The van der Waals surface area contributed by atoms with E-state index in [1.165, 1.54) is 11.1 Å². The fourth-order valence-corrected chi connectivity index (χ4v) is 7.61. The van der Waals surface area contributed by atoms with Crippen LogP contribution in [0.3, 0.4) is 0 Å². The Morgan fingerprint density at radius 2 is 1.16 bits per heavy atom. The van der Waals surface area contributed by atoms with Gasteiger partial charge in [-0.3, -0.25) is 9.98 Å². The SMILES string of the molecule is CC(C)(c1ccc(OCC(O)CSC2=NCCS2)cc1)c1ccc(OCC(O)CSC2=NCCS2)cc1. The van der Waals surface area contributed by atoms with Gasteiger partial charge < -0.3 is 19.7 Å². The van der Waals surface area contributed by atoms with Gasteiger partial charge >= 0.3 is 0 Å². The van der Waals surface area contributed by atoms with Crippen molar-refractivity contribution in [3.63, 3.8) is 0 Å². The number of aliphatic hydroxyl groups excluding tert-OH is 2. The lowest BCUT2D eigenvalue weighted by molar-refractivity contribution is 0.126. The highest BCUT2D eigenvalue weighted by molar-refractivity contribution is 8.39. The lowest BCUT2D eigenvalue weighted by Crippen LogP contribution is -2.21. The average molecular weight is 579 g/mol. The molecule has 0 aromatic heterocycles. The van der Waals surface area contributed by atoms with Gasteiger partial charge in [-0.15, -0.1) is 0 Å². The van der Waals surface area contributed by atoms with Crippen molar-refractivity contribution < 1.29 is 19.7 Å². The molecule has 2 aromatic rings. The van der Waals surface area contributed by atoms with E-state index in [0.29, 0.717) is 11.5 Å². The van der Waals surface area contributed by atoms with Gasteiger partial charge in [-0.05, 0) is 35.4 Å². The Labute approximate surface area is 236 Å². The largest absolute Gasteiger partial charge is 0.491 e. The average Bonchev–Trinajstić information content (AvgIpc) is 3.63. The lowest BCUT2D eigenvalue weighted by Gasteiger charge is -2.26. The van der Waals surface area contributed by atoms with Crippen molar-refractivity contribution in [3.8, 4) is 11.5 Å². The van der Waals surface area contributed by atoms with E-state index in [1.807, 2.05) is 24.3 Å². The van der Waals surface area contributed by atoms with Crippen LogP contribution in [-0.2, 0) is 5.41 Å². The highest BCUT2D eigenvalue weighted by Crippen LogP contribution is 2.33. The third-order valence-electron chi connectivity index (χ3n) is 5.95. The number of benzene rings is 2. The highest BCUT2D eigenvalue weighted by atomic mass is 32.2. The third-order valence-corrected chi connectivity index (χ3v) is 10.7. The van der Waals surface area contributed by atoms with Crippen LogP contribution in [0.15, 0.2) is 58.5 Å². The maximum atomic E-state index is 10.2. The van der Waals surface area contributed by atoms with Gasteiger partial charge in [-0.25, -0.2) is 0 Å². The number of rotatable bonds is 12. The monoisotopic (exact) mass is 578 g/mol. The molecule has 200 valence electrons. The van der Waals surface area contributed by atoms with E-state index >= 15 is 0 Å². The molecule has 0 bridgehead atoms. The molecule has 0 saturated carbocycles. The van der Waals surface area contributed by atoms with Gasteiger partial charge in [0.15, 0.2) is 0 Å². The molecule has 2 aliphatic heterocycles. The van der Waals surface area contributed by atoms with Crippen molar-refractivity contribution in [3.05, 3.63) is 59.7 Å². The van der Waals surface area contributed by atoms with Crippen LogP contribution in [0.2, 0.25) is 0 Å². The zero-order chi connectivity index (χ0) is 26.1. The summed E-state index contributed by atoms with van der Waals surface area (Å²) in [6.45, 7) is 6.65. The second-order valence-electron chi connectivity index (χ2n) is 9.22. The summed E-state index contributed by atoms with van der Waals surface area (Å²) in [6.07, 6.45) is -1.07. The van der Waals surface area contributed by atoms with Gasteiger partial charge in [0.25, 0.3) is 0 Å². The van der Waals surface area contributed by atoms with Crippen LogP contribution in [-0.4, -0.2) is 80.5 Å². The topological polar surface area (TPSA) is 83.6 Å². The fraction of sp³-hybridized carbons (Fsp3) is 0.481. The van der Waals surface area contributed by atoms with Crippen molar-refractivity contribution in [2.45, 2.75) is 31.5 Å². The molecule has 0 radical (unpaired) electrons. The van der Waals surface area contributed by atoms with Crippen LogP contribution in [0.4, 0.5) is 0 Å². The first-order valence-electron chi connectivity index (χ1n) is 12.3. The Bertz CT molecular complexity index is 978. The molecule has 2 unspecified atom stereocenters. The maximum absolute atomic E-state index is 10.2. The van der Waals surface area contributed by atoms with E-state index in [9.17, 15) is 10.2 Å². The second kappa shape index (κ2) is 14.2. The second-order valence-corrected chi connectivity index (χ2v) is 13.9. The van der Waals surface area contributed by atoms with Crippen molar-refractivity contribution >= 4 is 55.8 Å². The zero-order valence-corrected chi connectivity index (χ0v) is 24.4. The van der Waals surface area contributed by atoms with E-state index in [2.05, 4.69) is 48.1 Å². The molecule has 2 aliphatic rings. The standard InChI is InChI=1S/C27H34N2O4S4/c1-27(2,19-3-7-23(8-4-19)32-15-21(30)17-36-25-28-11-13-34-25)20-5-9-24(10-6-20)33-16-22(31)18-37-26-29-12-14-35-26/h3-10,21-22,30-31H,11-18H2,1-2H3. The smallest absolute Gasteiger partial charge is 0.124 e. The zero-order valence-electron chi connectivity index (χ0n) is 21.2. The molecule has 37 heavy (non-hydrogen) atoms. The van der Waals surface area contributed by atoms with Gasteiger partial charge in [0, 0.05) is 28.4 Å². The first kappa shape index (κ1) is 28.7. The van der Waals surface area contributed by atoms with Crippen molar-refractivity contribution in [1.82, 2.24) is 0 Å². The minimum Gasteiger partial charge on any atom is -0.491 e. The summed E-state index contributed by atoms with van der Waals surface area (Å²) in [6, 6.07) is 16.1. The molecule has 2 N–H and O–H groups in total. The summed E-state index contributed by atoms with van der Waals surface area (Å²) in [5.74, 6) is 4.74. The van der Waals surface area contributed by atoms with E-state index in [4.69, 9.17) is 9.47 Å². The summed E-state index contributed by atoms with van der Waals surface area (Å²) in [5.41, 5.74) is 2.13. The van der Waals surface area contributed by atoms with E-state index in [0.717, 1.165) is 44.8 Å². The van der Waals surface area contributed by atoms with Crippen molar-refractivity contribution in [1.29, 1.82) is 0 Å². The fourth-order valence-electron chi connectivity index (χ4n) is 3.72. The van der Waals surface area contributed by atoms with Gasteiger partial charge in [0.2, 0.25) is 0 Å². The normalized spacial score (nSPS) is 17.3. The van der Waals surface area contributed by atoms with Gasteiger partial charge in [-0.2, -0.15) is 0 Å². The Morgan fingerprint density at radius 1 is 0.757 bits per heavy atom. The van der Waals surface area contributed by atoms with Crippen LogP contribution in [0, 0.1) is 0 Å². The third kappa shape index (κ3) is 8.86. The molecule has 6 nitrogen and oxygen atoms in total. The predicted octanol–water partition coefficient (Wildman–Crippen LogP) is 5.16. The number of ether oxygens (including phenoxy) is 2. The van der Waals surface area contributed by atoms with Crippen LogP contribution in [0.25, 0.3) is 0 Å². The Hall–Kier alpha value is -1.30. The molecule has 0 fully saturated rings. The first-order valence-corrected chi connectivity index (χ1v) is 16.3. The summed E-state index contributed by atoms with van der Waals surface area (Å²) in [5, 5.41) is 20.4. The van der Waals surface area contributed by atoms with Crippen LogP contribution in [0.5, 0.6) is 11.5 Å². The molecule has 2 heterocycles. The molecular weight excluding hydrogens is 545 g/mol. The van der Waals surface area contributed by atoms with Gasteiger partial charge in [-0.1, -0.05) is 85.2 Å². The molecule has 4 rings (SSSR count).